The molecule has 28 heavy (non-hydrogen) atoms. The Morgan fingerprint density at radius 2 is 1.64 bits per heavy atom. The smallest absolute Gasteiger partial charge is 0.249 e. The third-order valence-corrected chi connectivity index (χ3v) is 5.77. The van der Waals surface area contributed by atoms with Crippen molar-refractivity contribution in [2.45, 2.75) is 19.3 Å². The summed E-state index contributed by atoms with van der Waals surface area (Å²) < 4.78 is 5.37. The van der Waals surface area contributed by atoms with E-state index < -0.39 is 0 Å². The predicted molar refractivity (Wildman–Crippen MR) is 108 cm³/mol. The molecule has 1 amide bonds. The summed E-state index contributed by atoms with van der Waals surface area (Å²) in [6, 6.07) is 17.6. The van der Waals surface area contributed by atoms with Crippen LogP contribution in [0.3, 0.4) is 0 Å². The maximum absolute atomic E-state index is 13.3. The number of nitrogens with zero attached hydrogens (tertiary/aromatic N) is 1. The number of carbonyl (C=O) groups excluding carboxylic acids is 2. The predicted octanol–water partition coefficient (Wildman–Crippen LogP) is 3.77. The van der Waals surface area contributed by atoms with Gasteiger partial charge < -0.3 is 9.64 Å². The Hall–Kier alpha value is -2.72. The van der Waals surface area contributed by atoms with E-state index in [1.54, 1.807) is 0 Å². The van der Waals surface area contributed by atoms with Crippen molar-refractivity contribution in [3.05, 3.63) is 82.9 Å². The molecule has 0 aromatic heterocycles. The summed E-state index contributed by atoms with van der Waals surface area (Å²) in [6.07, 6.45) is 2.52. The quantitative estimate of drug-likeness (QED) is 0.765. The van der Waals surface area contributed by atoms with E-state index in [2.05, 4.69) is 19.1 Å². The van der Waals surface area contributed by atoms with Gasteiger partial charge in [-0.05, 0) is 24.5 Å². The van der Waals surface area contributed by atoms with Gasteiger partial charge in [-0.15, -0.1) is 0 Å². The van der Waals surface area contributed by atoms with Gasteiger partial charge >= 0.3 is 0 Å². The molecule has 1 aliphatic heterocycles. The van der Waals surface area contributed by atoms with Crippen LogP contribution in [0.25, 0.3) is 0 Å². The summed E-state index contributed by atoms with van der Waals surface area (Å²) in [6.45, 7) is 4.44. The van der Waals surface area contributed by atoms with Crippen molar-refractivity contribution >= 4 is 11.7 Å². The summed E-state index contributed by atoms with van der Waals surface area (Å²) in [7, 11) is 0. The first kappa shape index (κ1) is 18.6. The summed E-state index contributed by atoms with van der Waals surface area (Å²) in [4.78, 5) is 28.2. The van der Waals surface area contributed by atoms with Crippen LogP contribution in [0.2, 0.25) is 0 Å². The molecule has 2 aromatic carbocycles. The van der Waals surface area contributed by atoms with Crippen LogP contribution in [0.4, 0.5) is 0 Å². The maximum atomic E-state index is 13.3. The lowest BCUT2D eigenvalue weighted by Crippen LogP contribution is -2.41. The Balaban J connectivity index is 1.66. The van der Waals surface area contributed by atoms with Crippen molar-refractivity contribution in [1.29, 1.82) is 0 Å². The van der Waals surface area contributed by atoms with Gasteiger partial charge in [-0.2, -0.15) is 0 Å². The summed E-state index contributed by atoms with van der Waals surface area (Å²) in [5.74, 6) is -0.169. The molecule has 1 aliphatic carbocycles. The normalized spacial score (nSPS) is 22.0. The topological polar surface area (TPSA) is 46.6 Å². The standard InChI is InChI=1S/C24H25NO3/c1-17-7-5-6-10-20(17)21-15-19(24(27)25-11-13-28-14-12-25)16-22(21)23(26)18-8-3-2-4-9-18/h2-10,15,21-22H,11-14,16H2,1H3/t21-,22+/m1/s1. The van der Waals surface area contributed by atoms with Gasteiger partial charge in [0.1, 0.15) is 0 Å². The van der Waals surface area contributed by atoms with E-state index in [4.69, 9.17) is 4.74 Å². The number of aryl methyl sites for hydroxylation is 1. The van der Waals surface area contributed by atoms with Crippen molar-refractivity contribution < 1.29 is 14.3 Å². The van der Waals surface area contributed by atoms with Gasteiger partial charge in [0.15, 0.2) is 5.78 Å². The molecule has 2 atom stereocenters. The molecule has 144 valence electrons. The molecule has 0 spiro atoms. The van der Waals surface area contributed by atoms with E-state index in [-0.39, 0.29) is 23.5 Å². The summed E-state index contributed by atoms with van der Waals surface area (Å²) in [5, 5.41) is 0. The van der Waals surface area contributed by atoms with Crippen LogP contribution in [-0.4, -0.2) is 42.9 Å². The molecule has 4 heteroatoms. The molecule has 1 heterocycles. The third-order valence-electron chi connectivity index (χ3n) is 5.77. The molecule has 2 aliphatic rings. The number of benzene rings is 2. The molecule has 0 bridgehead atoms. The van der Waals surface area contributed by atoms with E-state index in [1.165, 1.54) is 0 Å². The highest BCUT2D eigenvalue weighted by Crippen LogP contribution is 2.41. The highest BCUT2D eigenvalue weighted by atomic mass is 16.5. The van der Waals surface area contributed by atoms with Gasteiger partial charge in [0.05, 0.1) is 13.2 Å². The summed E-state index contributed by atoms with van der Waals surface area (Å²) in [5.41, 5.74) is 3.74. The Morgan fingerprint density at radius 3 is 2.36 bits per heavy atom. The molecule has 1 saturated heterocycles. The lowest BCUT2D eigenvalue weighted by atomic mass is 9.82. The molecular formula is C24H25NO3. The average molecular weight is 375 g/mol. The average Bonchev–Trinajstić information content (AvgIpc) is 3.19. The third kappa shape index (κ3) is 3.65. The van der Waals surface area contributed by atoms with Crippen LogP contribution in [0, 0.1) is 12.8 Å². The Bertz CT molecular complexity index is 897. The van der Waals surface area contributed by atoms with Gasteiger partial charge in [-0.1, -0.05) is 60.7 Å². The zero-order valence-corrected chi connectivity index (χ0v) is 16.1. The number of ketones is 1. The first-order valence-corrected chi connectivity index (χ1v) is 9.87. The van der Waals surface area contributed by atoms with Crippen LogP contribution in [-0.2, 0) is 9.53 Å². The second-order valence-electron chi connectivity index (χ2n) is 7.52. The molecule has 0 saturated carbocycles. The monoisotopic (exact) mass is 375 g/mol. The fourth-order valence-electron chi connectivity index (χ4n) is 4.23. The molecule has 0 unspecified atom stereocenters. The molecule has 1 fully saturated rings. The Labute approximate surface area is 165 Å². The largest absolute Gasteiger partial charge is 0.378 e. The number of carbonyl (C=O) groups is 2. The second-order valence-corrected chi connectivity index (χ2v) is 7.52. The first-order chi connectivity index (χ1) is 13.6. The maximum Gasteiger partial charge on any atom is 0.249 e. The van der Waals surface area contributed by atoms with E-state index >= 15 is 0 Å². The highest BCUT2D eigenvalue weighted by Gasteiger charge is 2.38. The SMILES string of the molecule is Cc1ccccc1[C@H]1C=C(C(=O)N2CCOCC2)C[C@@H]1C(=O)c1ccccc1. The number of amides is 1. The van der Waals surface area contributed by atoms with Gasteiger partial charge in [-0.25, -0.2) is 0 Å². The van der Waals surface area contributed by atoms with Gasteiger partial charge in [0.2, 0.25) is 5.91 Å². The Kier molecular flexibility index (Phi) is 5.40. The van der Waals surface area contributed by atoms with E-state index in [0.717, 1.165) is 16.7 Å². The van der Waals surface area contributed by atoms with Crippen molar-refractivity contribution in [2.75, 3.05) is 26.3 Å². The number of hydrogen-bond donors (Lipinski definition) is 0. The number of rotatable bonds is 4. The highest BCUT2D eigenvalue weighted by molar-refractivity contribution is 6.02. The number of allylic oxidation sites excluding steroid dienone is 1. The second kappa shape index (κ2) is 8.11. The van der Waals surface area contributed by atoms with Crippen LogP contribution in [0.5, 0.6) is 0 Å². The van der Waals surface area contributed by atoms with Crippen molar-refractivity contribution in [3.63, 3.8) is 0 Å². The van der Waals surface area contributed by atoms with E-state index in [0.29, 0.717) is 38.3 Å². The lowest BCUT2D eigenvalue weighted by molar-refractivity contribution is -0.131. The van der Waals surface area contributed by atoms with Gasteiger partial charge in [0, 0.05) is 36.1 Å². The van der Waals surface area contributed by atoms with E-state index in [9.17, 15) is 9.59 Å². The zero-order chi connectivity index (χ0) is 19.5. The fraction of sp³-hybridized carbons (Fsp3) is 0.333. The fourth-order valence-corrected chi connectivity index (χ4v) is 4.23. The minimum Gasteiger partial charge on any atom is -0.378 e. The van der Waals surface area contributed by atoms with Crippen molar-refractivity contribution in [2.24, 2.45) is 5.92 Å². The van der Waals surface area contributed by atoms with Gasteiger partial charge in [-0.3, -0.25) is 9.59 Å². The molecule has 4 nitrogen and oxygen atoms in total. The Morgan fingerprint density at radius 1 is 0.964 bits per heavy atom. The van der Waals surface area contributed by atoms with Gasteiger partial charge in [0.25, 0.3) is 0 Å². The van der Waals surface area contributed by atoms with Crippen LogP contribution in [0.15, 0.2) is 66.2 Å². The number of ether oxygens (including phenoxy) is 1. The molecular weight excluding hydrogens is 350 g/mol. The molecule has 2 aromatic rings. The first-order valence-electron chi connectivity index (χ1n) is 9.87. The minimum atomic E-state index is -0.247. The molecule has 4 rings (SSSR count). The van der Waals surface area contributed by atoms with Crippen molar-refractivity contribution in [3.8, 4) is 0 Å². The molecule has 0 N–H and O–H groups in total. The molecule has 0 radical (unpaired) electrons. The van der Waals surface area contributed by atoms with E-state index in [1.807, 2.05) is 53.4 Å². The number of Topliss-reactive ketones (excluding diaryl/α,β-unsaturated/α-hetero) is 1. The van der Waals surface area contributed by atoms with Crippen molar-refractivity contribution in [1.82, 2.24) is 4.90 Å². The number of hydrogen-bond acceptors (Lipinski definition) is 3. The van der Waals surface area contributed by atoms with Crippen LogP contribution in [0.1, 0.15) is 33.8 Å². The summed E-state index contributed by atoms with van der Waals surface area (Å²) >= 11 is 0. The minimum absolute atomic E-state index is 0.0465. The number of morpholine rings is 1. The van der Waals surface area contributed by atoms with Crippen LogP contribution >= 0.6 is 0 Å². The lowest BCUT2D eigenvalue weighted by Gasteiger charge is -2.27. The zero-order valence-electron chi connectivity index (χ0n) is 16.1. The van der Waals surface area contributed by atoms with Crippen LogP contribution < -0.4 is 0 Å².